The third kappa shape index (κ3) is 5.19. The number of benzene rings is 2. The number of methoxy groups -OCH3 is 1. The Morgan fingerprint density at radius 2 is 1.67 bits per heavy atom. The van der Waals surface area contributed by atoms with Gasteiger partial charge in [-0.1, -0.05) is 0 Å². The van der Waals surface area contributed by atoms with Gasteiger partial charge < -0.3 is 18.8 Å². The van der Waals surface area contributed by atoms with Crippen LogP contribution in [0.1, 0.15) is 32.7 Å². The highest BCUT2D eigenvalue weighted by atomic mass is 19.4. The van der Waals surface area contributed by atoms with Crippen molar-refractivity contribution in [2.75, 3.05) is 18.6 Å². The average Bonchev–Trinajstić information content (AvgIpc) is 3.80. The molecule has 0 saturated heterocycles. The van der Waals surface area contributed by atoms with Gasteiger partial charge in [0.1, 0.15) is 5.75 Å². The van der Waals surface area contributed by atoms with Crippen LogP contribution >= 0.6 is 0 Å². The summed E-state index contributed by atoms with van der Waals surface area (Å²) in [6, 6.07) is 9.04. The number of halogens is 3. The first-order valence-corrected chi connectivity index (χ1v) is 14.2. The minimum absolute atomic E-state index is 0.0572. The zero-order chi connectivity index (χ0) is 31.3. The monoisotopic (exact) mass is 612 g/mol. The minimum atomic E-state index is -4.67. The molecule has 0 spiro atoms. The standard InChI is InChI=1S/C32H27F3N8O2/c1-40-17-27(30(39-40)32(33,34)35)24-11-20(15-41-9-6-36-18-41)12-25-23(24)4-8-43(31(25)44)28-3-5-38-29-21(16-42-10-7-37-19-42)13-22(45-2)14-26(28)29/h3,5-7,9-14,17-19H,4,8,15-16H2,1-2H3. The largest absolute Gasteiger partial charge is 0.497 e. The summed E-state index contributed by atoms with van der Waals surface area (Å²) in [7, 11) is 3.04. The molecule has 5 heterocycles. The van der Waals surface area contributed by atoms with Gasteiger partial charge in [-0.25, -0.2) is 9.97 Å². The molecule has 1 aliphatic heterocycles. The lowest BCUT2D eigenvalue weighted by molar-refractivity contribution is -0.140. The van der Waals surface area contributed by atoms with Gasteiger partial charge in [0.05, 0.1) is 37.5 Å². The van der Waals surface area contributed by atoms with Gasteiger partial charge in [0.15, 0.2) is 5.69 Å². The maximum atomic E-state index is 14.4. The summed E-state index contributed by atoms with van der Waals surface area (Å²) in [6.45, 7) is 1.07. The number of alkyl halides is 3. The Labute approximate surface area is 255 Å². The van der Waals surface area contributed by atoms with Gasteiger partial charge in [0, 0.05) is 79.4 Å². The number of pyridine rings is 1. The van der Waals surface area contributed by atoms with E-state index in [4.69, 9.17) is 4.74 Å². The molecule has 0 radical (unpaired) electrons. The van der Waals surface area contributed by atoms with E-state index >= 15 is 0 Å². The lowest BCUT2D eigenvalue weighted by Crippen LogP contribution is -2.38. The number of hydrogen-bond acceptors (Lipinski definition) is 6. The van der Waals surface area contributed by atoms with Crippen molar-refractivity contribution in [3.05, 3.63) is 108 Å². The Kier molecular flexibility index (Phi) is 6.87. The molecule has 0 saturated carbocycles. The van der Waals surface area contributed by atoms with E-state index in [1.165, 1.54) is 13.2 Å². The van der Waals surface area contributed by atoms with E-state index in [0.29, 0.717) is 58.7 Å². The van der Waals surface area contributed by atoms with Crippen molar-refractivity contribution < 1.29 is 22.7 Å². The van der Waals surface area contributed by atoms with E-state index < -0.39 is 11.9 Å². The second-order valence-corrected chi connectivity index (χ2v) is 10.9. The van der Waals surface area contributed by atoms with Gasteiger partial charge in [-0.3, -0.25) is 14.5 Å². The first-order valence-electron chi connectivity index (χ1n) is 14.2. The van der Waals surface area contributed by atoms with E-state index in [2.05, 4.69) is 20.1 Å². The molecule has 1 aliphatic rings. The van der Waals surface area contributed by atoms with E-state index in [1.807, 2.05) is 22.9 Å². The fourth-order valence-corrected chi connectivity index (χ4v) is 6.05. The van der Waals surface area contributed by atoms with Crippen molar-refractivity contribution in [3.63, 3.8) is 0 Å². The number of hydrogen-bond donors (Lipinski definition) is 0. The van der Waals surface area contributed by atoms with E-state index in [1.54, 1.807) is 72.2 Å². The van der Waals surface area contributed by atoms with E-state index in [9.17, 15) is 18.0 Å². The van der Waals surface area contributed by atoms with Crippen LogP contribution < -0.4 is 9.64 Å². The second kappa shape index (κ2) is 10.9. The summed E-state index contributed by atoms with van der Waals surface area (Å²) in [5.41, 5.74) is 3.10. The van der Waals surface area contributed by atoms with Crippen LogP contribution in [-0.2, 0) is 32.7 Å². The van der Waals surface area contributed by atoms with Crippen LogP contribution in [0, 0.1) is 0 Å². The minimum Gasteiger partial charge on any atom is -0.497 e. The molecule has 0 bridgehead atoms. The van der Waals surface area contributed by atoms with Crippen LogP contribution in [0.5, 0.6) is 5.75 Å². The average molecular weight is 613 g/mol. The normalized spacial score (nSPS) is 13.4. The van der Waals surface area contributed by atoms with Crippen molar-refractivity contribution in [1.82, 2.24) is 33.9 Å². The maximum absolute atomic E-state index is 14.4. The molecular weight excluding hydrogens is 585 g/mol. The predicted octanol–water partition coefficient (Wildman–Crippen LogP) is 5.36. The molecule has 0 fully saturated rings. The molecule has 0 N–H and O–H groups in total. The highest BCUT2D eigenvalue weighted by Gasteiger charge is 2.39. The Hall–Kier alpha value is -5.46. The van der Waals surface area contributed by atoms with Gasteiger partial charge in [-0.2, -0.15) is 18.3 Å². The fourth-order valence-electron chi connectivity index (χ4n) is 6.05. The van der Waals surface area contributed by atoms with Crippen molar-refractivity contribution >= 4 is 22.5 Å². The molecule has 0 aliphatic carbocycles. The number of ether oxygens (including phenoxy) is 1. The molecule has 4 aromatic heterocycles. The number of carbonyl (C=O) groups excluding carboxylic acids is 1. The first kappa shape index (κ1) is 28.3. The lowest BCUT2D eigenvalue weighted by Gasteiger charge is -2.31. The zero-order valence-corrected chi connectivity index (χ0v) is 24.4. The van der Waals surface area contributed by atoms with Crippen LogP contribution in [0.15, 0.2) is 80.2 Å². The fraction of sp³-hybridized carbons (Fsp3) is 0.219. The topological polar surface area (TPSA) is 95.9 Å². The summed E-state index contributed by atoms with van der Waals surface area (Å²) in [5, 5.41) is 4.46. The van der Waals surface area contributed by atoms with Crippen LogP contribution in [0.25, 0.3) is 22.0 Å². The first-order chi connectivity index (χ1) is 21.7. The van der Waals surface area contributed by atoms with Gasteiger partial charge in [-0.15, -0.1) is 0 Å². The van der Waals surface area contributed by atoms with Crippen LogP contribution in [0.4, 0.5) is 18.9 Å². The lowest BCUT2D eigenvalue weighted by atomic mass is 9.87. The van der Waals surface area contributed by atoms with E-state index in [0.717, 1.165) is 15.6 Å². The molecule has 1 amide bonds. The Bertz CT molecular complexity index is 2030. The molecule has 6 aromatic rings. The van der Waals surface area contributed by atoms with Crippen LogP contribution in [-0.4, -0.2) is 53.4 Å². The highest BCUT2D eigenvalue weighted by molar-refractivity contribution is 6.13. The third-order valence-electron chi connectivity index (χ3n) is 8.00. The summed E-state index contributed by atoms with van der Waals surface area (Å²) >= 11 is 0. The number of amides is 1. The number of aryl methyl sites for hydroxylation is 1. The summed E-state index contributed by atoms with van der Waals surface area (Å²) in [6.07, 6.45) is 8.96. The number of anilines is 1. The van der Waals surface area contributed by atoms with Gasteiger partial charge in [-0.05, 0) is 53.4 Å². The van der Waals surface area contributed by atoms with Gasteiger partial charge >= 0.3 is 6.18 Å². The third-order valence-corrected chi connectivity index (χ3v) is 8.00. The number of carbonyl (C=O) groups is 1. The number of rotatable bonds is 7. The summed E-state index contributed by atoms with van der Waals surface area (Å²) in [4.78, 5) is 28.9. The molecule has 45 heavy (non-hydrogen) atoms. The molecule has 13 heteroatoms. The molecular formula is C32H27F3N8O2. The molecule has 7 rings (SSSR count). The summed E-state index contributed by atoms with van der Waals surface area (Å²) < 4.78 is 52.9. The maximum Gasteiger partial charge on any atom is 0.435 e. The van der Waals surface area contributed by atoms with E-state index in [-0.39, 0.29) is 18.0 Å². The van der Waals surface area contributed by atoms with Crippen LogP contribution in [0.2, 0.25) is 0 Å². The Morgan fingerprint density at radius 3 is 2.36 bits per heavy atom. The number of nitrogens with zero attached hydrogens (tertiary/aromatic N) is 8. The highest BCUT2D eigenvalue weighted by Crippen LogP contribution is 2.41. The summed E-state index contributed by atoms with van der Waals surface area (Å²) in [5.74, 6) is 0.298. The molecule has 228 valence electrons. The smallest absolute Gasteiger partial charge is 0.435 e. The Morgan fingerprint density at radius 1 is 0.933 bits per heavy atom. The zero-order valence-electron chi connectivity index (χ0n) is 24.4. The molecule has 10 nitrogen and oxygen atoms in total. The number of imidazole rings is 2. The van der Waals surface area contributed by atoms with Gasteiger partial charge in [0.25, 0.3) is 5.91 Å². The Balaban J connectivity index is 1.37. The van der Waals surface area contributed by atoms with Crippen molar-refractivity contribution in [3.8, 4) is 16.9 Å². The van der Waals surface area contributed by atoms with Crippen molar-refractivity contribution in [1.29, 1.82) is 0 Å². The van der Waals surface area contributed by atoms with Crippen molar-refractivity contribution in [2.45, 2.75) is 25.7 Å². The van der Waals surface area contributed by atoms with Crippen LogP contribution in [0.3, 0.4) is 0 Å². The van der Waals surface area contributed by atoms with Crippen molar-refractivity contribution in [2.24, 2.45) is 7.05 Å². The number of fused-ring (bicyclic) bond motifs is 2. The molecule has 2 aromatic carbocycles. The predicted molar refractivity (Wildman–Crippen MR) is 160 cm³/mol. The second-order valence-electron chi connectivity index (χ2n) is 10.9. The van der Waals surface area contributed by atoms with Gasteiger partial charge in [0.2, 0.25) is 0 Å². The quantitative estimate of drug-likeness (QED) is 0.241. The number of aromatic nitrogens is 7. The SMILES string of the molecule is COc1cc(Cn2ccnc2)c2nccc(N3CCc4c(cc(Cn5ccnc5)cc4-c4cn(C)nc4C(F)(F)F)C3=O)c2c1. The molecule has 0 unspecified atom stereocenters. The molecule has 0 atom stereocenters.